The maximum Gasteiger partial charge on any atom is 0.258 e. The van der Waals surface area contributed by atoms with Crippen molar-refractivity contribution in [2.75, 3.05) is 13.7 Å². The average molecular weight is 300 g/mol. The van der Waals surface area contributed by atoms with E-state index in [0.29, 0.717) is 11.5 Å². The maximum atomic E-state index is 12.0. The zero-order valence-electron chi connectivity index (χ0n) is 13.0. The second-order valence-electron chi connectivity index (χ2n) is 5.01. The summed E-state index contributed by atoms with van der Waals surface area (Å²) in [6.45, 7) is 3.82. The van der Waals surface area contributed by atoms with Gasteiger partial charge in [0.1, 0.15) is 0 Å². The second kappa shape index (κ2) is 7.45. The monoisotopic (exact) mass is 300 g/mol. The fourth-order valence-corrected chi connectivity index (χ4v) is 2.06. The Balaban J connectivity index is 1.90. The van der Waals surface area contributed by atoms with Gasteiger partial charge in [-0.25, -0.2) is 0 Å². The van der Waals surface area contributed by atoms with Crippen LogP contribution in [0.1, 0.15) is 24.1 Å². The van der Waals surface area contributed by atoms with E-state index in [2.05, 4.69) is 10.3 Å². The highest BCUT2D eigenvalue weighted by Gasteiger charge is 2.11. The topological polar surface area (TPSA) is 60.5 Å². The number of hydrogen-bond donors (Lipinski definition) is 1. The smallest absolute Gasteiger partial charge is 0.258 e. The molecule has 22 heavy (non-hydrogen) atoms. The molecule has 0 spiro atoms. The standard InChI is InChI=1S/C17H20N2O3/c1-12-4-5-15(16(10-12)21-3)22-11-17(20)19-13(2)14-6-8-18-9-7-14/h4-10,13H,11H2,1-3H3,(H,19,20). The van der Waals surface area contributed by atoms with E-state index in [1.54, 1.807) is 25.6 Å². The van der Waals surface area contributed by atoms with Crippen molar-refractivity contribution in [2.24, 2.45) is 0 Å². The van der Waals surface area contributed by atoms with E-state index in [1.807, 2.05) is 38.1 Å². The lowest BCUT2D eigenvalue weighted by molar-refractivity contribution is -0.123. The lowest BCUT2D eigenvalue weighted by Crippen LogP contribution is -2.31. The van der Waals surface area contributed by atoms with E-state index in [0.717, 1.165) is 11.1 Å². The van der Waals surface area contributed by atoms with Gasteiger partial charge in [-0.3, -0.25) is 9.78 Å². The Morgan fingerprint density at radius 1 is 1.23 bits per heavy atom. The van der Waals surface area contributed by atoms with Crippen LogP contribution < -0.4 is 14.8 Å². The van der Waals surface area contributed by atoms with Crippen LogP contribution in [0, 0.1) is 6.92 Å². The first-order chi connectivity index (χ1) is 10.6. The molecule has 0 saturated carbocycles. The highest BCUT2D eigenvalue weighted by Crippen LogP contribution is 2.27. The summed E-state index contributed by atoms with van der Waals surface area (Å²) in [5.41, 5.74) is 2.07. The Kier molecular flexibility index (Phi) is 5.36. The molecule has 1 amide bonds. The molecule has 5 nitrogen and oxygen atoms in total. The molecule has 1 unspecified atom stereocenters. The lowest BCUT2D eigenvalue weighted by atomic mass is 10.1. The van der Waals surface area contributed by atoms with Gasteiger partial charge in [-0.15, -0.1) is 0 Å². The van der Waals surface area contributed by atoms with Gasteiger partial charge in [0, 0.05) is 12.4 Å². The van der Waals surface area contributed by atoms with Crippen LogP contribution in [0.25, 0.3) is 0 Å². The number of ether oxygens (including phenoxy) is 2. The quantitative estimate of drug-likeness (QED) is 0.891. The average Bonchev–Trinajstić information content (AvgIpc) is 2.54. The van der Waals surface area contributed by atoms with Gasteiger partial charge in [0.25, 0.3) is 5.91 Å². The van der Waals surface area contributed by atoms with E-state index in [4.69, 9.17) is 9.47 Å². The number of hydrogen-bond acceptors (Lipinski definition) is 4. The number of nitrogens with one attached hydrogen (secondary N) is 1. The van der Waals surface area contributed by atoms with Gasteiger partial charge < -0.3 is 14.8 Å². The Labute approximate surface area is 130 Å². The molecule has 1 heterocycles. The zero-order chi connectivity index (χ0) is 15.9. The number of amides is 1. The number of nitrogens with zero attached hydrogens (tertiary/aromatic N) is 1. The van der Waals surface area contributed by atoms with Crippen LogP contribution >= 0.6 is 0 Å². The lowest BCUT2D eigenvalue weighted by Gasteiger charge is -2.15. The molecule has 1 aromatic carbocycles. The fraction of sp³-hybridized carbons (Fsp3) is 0.294. The summed E-state index contributed by atoms with van der Waals surface area (Å²) < 4.78 is 10.8. The zero-order valence-corrected chi connectivity index (χ0v) is 13.0. The summed E-state index contributed by atoms with van der Waals surface area (Å²) in [7, 11) is 1.58. The molecule has 1 N–H and O–H groups in total. The van der Waals surface area contributed by atoms with Crippen LogP contribution in [0.3, 0.4) is 0 Å². The van der Waals surface area contributed by atoms with Crippen molar-refractivity contribution >= 4 is 5.91 Å². The minimum atomic E-state index is -0.188. The van der Waals surface area contributed by atoms with Gasteiger partial charge in [0.15, 0.2) is 18.1 Å². The van der Waals surface area contributed by atoms with Crippen LogP contribution in [0.2, 0.25) is 0 Å². The van der Waals surface area contributed by atoms with Gasteiger partial charge in [0.05, 0.1) is 13.2 Å². The third-order valence-electron chi connectivity index (χ3n) is 3.26. The second-order valence-corrected chi connectivity index (χ2v) is 5.01. The normalized spacial score (nSPS) is 11.6. The molecule has 0 aliphatic rings. The number of pyridine rings is 1. The molecule has 0 bridgehead atoms. The summed E-state index contributed by atoms with van der Waals surface area (Å²) in [5.74, 6) is 0.988. The molecule has 0 aliphatic heterocycles. The number of carbonyl (C=O) groups excluding carboxylic acids is 1. The highest BCUT2D eigenvalue weighted by molar-refractivity contribution is 5.78. The Bertz CT molecular complexity index is 629. The molecular formula is C17H20N2O3. The van der Waals surface area contributed by atoms with Crippen molar-refractivity contribution in [3.8, 4) is 11.5 Å². The molecule has 0 radical (unpaired) electrons. The molecule has 5 heteroatoms. The summed E-state index contributed by atoms with van der Waals surface area (Å²) in [6, 6.07) is 9.22. The summed E-state index contributed by atoms with van der Waals surface area (Å²) in [4.78, 5) is 15.9. The molecular weight excluding hydrogens is 280 g/mol. The molecule has 2 rings (SSSR count). The van der Waals surface area contributed by atoms with E-state index in [1.165, 1.54) is 0 Å². The van der Waals surface area contributed by atoms with Crippen molar-refractivity contribution in [1.29, 1.82) is 0 Å². The maximum absolute atomic E-state index is 12.0. The number of benzene rings is 1. The largest absolute Gasteiger partial charge is 0.493 e. The van der Waals surface area contributed by atoms with Crippen molar-refractivity contribution < 1.29 is 14.3 Å². The van der Waals surface area contributed by atoms with E-state index in [-0.39, 0.29) is 18.6 Å². The summed E-state index contributed by atoms with van der Waals surface area (Å²) >= 11 is 0. The Morgan fingerprint density at radius 2 is 1.95 bits per heavy atom. The number of rotatable bonds is 6. The van der Waals surface area contributed by atoms with Crippen LogP contribution in [0.15, 0.2) is 42.7 Å². The first-order valence-corrected chi connectivity index (χ1v) is 7.07. The molecule has 0 fully saturated rings. The first-order valence-electron chi connectivity index (χ1n) is 7.07. The molecule has 1 aromatic heterocycles. The third kappa shape index (κ3) is 4.22. The van der Waals surface area contributed by atoms with Crippen LogP contribution in [-0.4, -0.2) is 24.6 Å². The van der Waals surface area contributed by atoms with Gasteiger partial charge in [-0.05, 0) is 49.2 Å². The van der Waals surface area contributed by atoms with Crippen molar-refractivity contribution in [3.63, 3.8) is 0 Å². The molecule has 116 valence electrons. The van der Waals surface area contributed by atoms with Crippen LogP contribution in [0.4, 0.5) is 0 Å². The Hall–Kier alpha value is -2.56. The predicted octanol–water partition coefficient (Wildman–Crippen LogP) is 2.65. The van der Waals surface area contributed by atoms with Crippen molar-refractivity contribution in [3.05, 3.63) is 53.9 Å². The summed E-state index contributed by atoms with van der Waals surface area (Å²) in [6.07, 6.45) is 3.40. The predicted molar refractivity (Wildman–Crippen MR) is 84.0 cm³/mol. The number of aromatic nitrogens is 1. The number of aryl methyl sites for hydroxylation is 1. The highest BCUT2D eigenvalue weighted by atomic mass is 16.5. The van der Waals surface area contributed by atoms with E-state index < -0.39 is 0 Å². The minimum absolute atomic E-state index is 0.0607. The van der Waals surface area contributed by atoms with Crippen molar-refractivity contribution in [1.82, 2.24) is 10.3 Å². The fourth-order valence-electron chi connectivity index (χ4n) is 2.06. The first kappa shape index (κ1) is 15.8. The molecule has 0 aliphatic carbocycles. The summed E-state index contributed by atoms with van der Waals surface area (Å²) in [5, 5.41) is 2.88. The molecule has 2 aromatic rings. The van der Waals surface area contributed by atoms with Gasteiger partial charge >= 0.3 is 0 Å². The van der Waals surface area contributed by atoms with Gasteiger partial charge in [0.2, 0.25) is 0 Å². The molecule has 0 saturated heterocycles. The third-order valence-corrected chi connectivity index (χ3v) is 3.26. The van der Waals surface area contributed by atoms with Crippen molar-refractivity contribution in [2.45, 2.75) is 19.9 Å². The Morgan fingerprint density at radius 3 is 2.64 bits per heavy atom. The number of carbonyl (C=O) groups is 1. The van der Waals surface area contributed by atoms with Gasteiger partial charge in [-0.2, -0.15) is 0 Å². The van der Waals surface area contributed by atoms with Gasteiger partial charge in [-0.1, -0.05) is 6.07 Å². The van der Waals surface area contributed by atoms with Crippen LogP contribution in [0.5, 0.6) is 11.5 Å². The SMILES string of the molecule is COc1cc(C)ccc1OCC(=O)NC(C)c1ccncc1. The minimum Gasteiger partial charge on any atom is -0.493 e. The van der Waals surface area contributed by atoms with E-state index in [9.17, 15) is 4.79 Å². The van der Waals surface area contributed by atoms with Crippen LogP contribution in [-0.2, 0) is 4.79 Å². The molecule has 1 atom stereocenters. The van der Waals surface area contributed by atoms with E-state index >= 15 is 0 Å². The number of methoxy groups -OCH3 is 1.